The minimum absolute atomic E-state index is 0.0323. The first kappa shape index (κ1) is 22.2. The topological polar surface area (TPSA) is 175 Å². The van der Waals surface area contributed by atoms with Gasteiger partial charge in [-0.2, -0.15) is 8.42 Å². The lowest BCUT2D eigenvalue weighted by Gasteiger charge is -2.34. The number of hydrogen-bond donors (Lipinski definition) is 3. The Morgan fingerprint density at radius 3 is 1.84 bits per heavy atom. The number of rotatable bonds is 3. The maximum absolute atomic E-state index is 13.4. The van der Waals surface area contributed by atoms with Gasteiger partial charge in [0.05, 0.1) is 4.90 Å². The monoisotopic (exact) mass is 474 g/mol. The molecule has 0 radical (unpaired) electrons. The van der Waals surface area contributed by atoms with Crippen molar-refractivity contribution in [1.29, 1.82) is 0 Å². The molecule has 166 valence electrons. The highest BCUT2D eigenvalue weighted by atomic mass is 32.2. The van der Waals surface area contributed by atoms with E-state index in [9.17, 15) is 31.0 Å². The molecule has 9 nitrogen and oxygen atoms in total. The van der Waals surface area contributed by atoms with E-state index in [4.69, 9.17) is 10.9 Å². The fraction of sp³-hybridized carbons (Fsp3) is 0.143. The first-order valence-corrected chi connectivity index (χ1v) is 12.2. The van der Waals surface area contributed by atoms with E-state index in [-0.39, 0.29) is 27.8 Å². The van der Waals surface area contributed by atoms with Crippen molar-refractivity contribution in [2.24, 2.45) is 10.9 Å². The summed E-state index contributed by atoms with van der Waals surface area (Å²) in [5.74, 6) is -1.09. The highest BCUT2D eigenvalue weighted by molar-refractivity contribution is 7.90. The van der Waals surface area contributed by atoms with Crippen molar-refractivity contribution in [3.8, 4) is 0 Å². The summed E-state index contributed by atoms with van der Waals surface area (Å²) in [5.41, 5.74) is 4.27. The molecule has 2 aromatic rings. The summed E-state index contributed by atoms with van der Waals surface area (Å²) in [5, 5.41) is 5.19. The predicted molar refractivity (Wildman–Crippen MR) is 115 cm³/mol. The Balaban J connectivity index is 2.06. The average Bonchev–Trinajstić information content (AvgIpc) is 2.72. The van der Waals surface area contributed by atoms with Gasteiger partial charge in [-0.3, -0.25) is 14.1 Å². The maximum Gasteiger partial charge on any atom is 0.294 e. The van der Waals surface area contributed by atoms with Crippen molar-refractivity contribution in [3.05, 3.63) is 88.5 Å². The third-order valence-electron chi connectivity index (χ3n) is 5.74. The smallest absolute Gasteiger partial charge is 0.294 e. The predicted octanol–water partition coefficient (Wildman–Crippen LogP) is 1.04. The van der Waals surface area contributed by atoms with Crippen molar-refractivity contribution in [2.75, 3.05) is 0 Å². The molecule has 2 aliphatic carbocycles. The highest BCUT2D eigenvalue weighted by Gasteiger charge is 2.43. The molecule has 32 heavy (non-hydrogen) atoms. The largest absolute Gasteiger partial charge is 0.305 e. The number of carbonyl (C=O) groups is 2. The zero-order chi connectivity index (χ0) is 23.7. The fourth-order valence-corrected chi connectivity index (χ4v) is 5.33. The lowest BCUT2D eigenvalue weighted by molar-refractivity contribution is 0.0977. The second-order valence-corrected chi connectivity index (χ2v) is 11.1. The molecule has 4 rings (SSSR count). The van der Waals surface area contributed by atoms with E-state index < -0.39 is 46.9 Å². The van der Waals surface area contributed by atoms with Crippen LogP contribution in [0, 0.1) is 0 Å². The molecule has 5 N–H and O–H groups in total. The van der Waals surface area contributed by atoms with Gasteiger partial charge in [0.15, 0.2) is 16.4 Å². The Hall–Kier alpha value is -2.96. The summed E-state index contributed by atoms with van der Waals surface area (Å²) < 4.78 is 58.0. The van der Waals surface area contributed by atoms with Crippen LogP contribution in [0.4, 0.5) is 0 Å². The molecular weight excluding hydrogens is 456 g/mol. The van der Waals surface area contributed by atoms with Crippen LogP contribution in [0.3, 0.4) is 0 Å². The van der Waals surface area contributed by atoms with Gasteiger partial charge in [0.1, 0.15) is 0 Å². The number of benzene rings is 2. The number of sulfonamides is 1. The Morgan fingerprint density at radius 1 is 0.812 bits per heavy atom. The van der Waals surface area contributed by atoms with E-state index in [1.165, 1.54) is 37.3 Å². The number of fused-ring (bicyclic) bond motifs is 2. The van der Waals surface area contributed by atoms with Crippen molar-refractivity contribution < 1.29 is 31.0 Å². The SMILES string of the molecule is CC1(c2c(S(=O)(=O)O)ccc3c2C(=O)c2ccccc2C3=O)C=CC(N)(S(N)(=O)=O)C=C1. The van der Waals surface area contributed by atoms with Gasteiger partial charge in [-0.15, -0.1) is 0 Å². The fourth-order valence-electron chi connectivity index (χ4n) is 3.99. The standard InChI is InChI=1S/C21H18N2O7S2/c1-20(8-10-21(22,11-9-20)32(23,29)30)17-15(31(26,27)28)7-6-14-16(17)19(25)13-5-3-2-4-12(13)18(14)24/h2-11H,22H2,1H3,(H2,23,29,30)(H,26,27,28). The number of allylic oxidation sites excluding steroid dienone is 2. The van der Waals surface area contributed by atoms with E-state index in [1.807, 2.05) is 0 Å². The van der Waals surface area contributed by atoms with Gasteiger partial charge < -0.3 is 5.73 Å². The molecule has 0 fully saturated rings. The van der Waals surface area contributed by atoms with Crippen LogP contribution in [0.5, 0.6) is 0 Å². The number of hydrogen-bond acceptors (Lipinski definition) is 7. The number of carbonyl (C=O) groups excluding carboxylic acids is 2. The molecule has 0 amide bonds. The van der Waals surface area contributed by atoms with Crippen LogP contribution < -0.4 is 10.9 Å². The average molecular weight is 475 g/mol. The van der Waals surface area contributed by atoms with Gasteiger partial charge in [-0.05, 0) is 36.8 Å². The zero-order valence-corrected chi connectivity index (χ0v) is 18.3. The Bertz CT molecular complexity index is 1470. The van der Waals surface area contributed by atoms with Crippen LogP contribution >= 0.6 is 0 Å². The Morgan fingerprint density at radius 2 is 1.34 bits per heavy atom. The second-order valence-electron chi connectivity index (χ2n) is 7.89. The van der Waals surface area contributed by atoms with E-state index in [0.717, 1.165) is 18.2 Å². The molecule has 2 aliphatic rings. The van der Waals surface area contributed by atoms with Crippen molar-refractivity contribution in [1.82, 2.24) is 0 Å². The third-order valence-corrected chi connectivity index (χ3v) is 7.90. The first-order valence-electron chi connectivity index (χ1n) is 9.25. The normalized spacial score (nSPS) is 24.9. The summed E-state index contributed by atoms with van der Waals surface area (Å²) in [4.78, 5) is 23.8. The molecule has 0 saturated carbocycles. The van der Waals surface area contributed by atoms with Gasteiger partial charge in [0.2, 0.25) is 10.0 Å². The van der Waals surface area contributed by atoms with Crippen LogP contribution in [0.15, 0.2) is 65.6 Å². The maximum atomic E-state index is 13.4. The van der Waals surface area contributed by atoms with E-state index in [0.29, 0.717) is 0 Å². The van der Waals surface area contributed by atoms with Gasteiger partial charge in [-0.25, -0.2) is 13.6 Å². The van der Waals surface area contributed by atoms with E-state index in [2.05, 4.69) is 0 Å². The van der Waals surface area contributed by atoms with Crippen LogP contribution in [0.1, 0.15) is 44.3 Å². The summed E-state index contributed by atoms with van der Waals surface area (Å²) in [7, 11) is -9.09. The van der Waals surface area contributed by atoms with Crippen LogP contribution in [-0.4, -0.2) is 37.8 Å². The van der Waals surface area contributed by atoms with Crippen LogP contribution in [0.25, 0.3) is 0 Å². The quantitative estimate of drug-likeness (QED) is 0.373. The lowest BCUT2D eigenvalue weighted by Crippen LogP contribution is -2.50. The molecule has 0 bridgehead atoms. The second kappa shape index (κ2) is 6.77. The van der Waals surface area contributed by atoms with E-state index in [1.54, 1.807) is 12.1 Å². The minimum atomic E-state index is -4.84. The highest BCUT2D eigenvalue weighted by Crippen LogP contribution is 2.42. The lowest BCUT2D eigenvalue weighted by atomic mass is 9.71. The molecule has 11 heteroatoms. The summed E-state index contributed by atoms with van der Waals surface area (Å²) in [6, 6.07) is 8.33. The van der Waals surface area contributed by atoms with Gasteiger partial charge in [-0.1, -0.05) is 36.4 Å². The number of nitrogens with two attached hydrogens (primary N) is 2. The molecule has 0 heterocycles. The molecule has 0 spiro atoms. The molecule has 0 aliphatic heterocycles. The van der Waals surface area contributed by atoms with Gasteiger partial charge in [0.25, 0.3) is 10.1 Å². The molecule has 0 saturated heterocycles. The molecule has 0 atom stereocenters. The van der Waals surface area contributed by atoms with Crippen molar-refractivity contribution in [3.63, 3.8) is 0 Å². The molecule has 2 aromatic carbocycles. The van der Waals surface area contributed by atoms with Gasteiger partial charge >= 0.3 is 0 Å². The number of primary sulfonamides is 1. The van der Waals surface area contributed by atoms with Crippen LogP contribution in [-0.2, 0) is 25.6 Å². The zero-order valence-electron chi connectivity index (χ0n) is 16.6. The Kier molecular flexibility index (Phi) is 4.70. The van der Waals surface area contributed by atoms with Gasteiger partial charge in [0, 0.05) is 27.7 Å². The number of ketones is 2. The van der Waals surface area contributed by atoms with Crippen molar-refractivity contribution in [2.45, 2.75) is 22.1 Å². The molecular formula is C21H18N2O7S2. The first-order chi connectivity index (χ1) is 14.7. The summed E-state index contributed by atoms with van der Waals surface area (Å²) in [6.45, 7) is 1.49. The third kappa shape index (κ3) is 3.17. The molecule has 0 unspecified atom stereocenters. The summed E-state index contributed by atoms with van der Waals surface area (Å²) >= 11 is 0. The Labute approximate surface area is 184 Å². The van der Waals surface area contributed by atoms with Crippen LogP contribution in [0.2, 0.25) is 0 Å². The summed E-state index contributed by atoms with van der Waals surface area (Å²) in [6.07, 6.45) is 4.69. The molecule has 0 aromatic heterocycles. The van der Waals surface area contributed by atoms with Crippen molar-refractivity contribution >= 4 is 31.7 Å². The minimum Gasteiger partial charge on any atom is -0.305 e. The van der Waals surface area contributed by atoms with E-state index >= 15 is 0 Å².